The highest BCUT2D eigenvalue weighted by atomic mass is 35.5. The number of rotatable bonds is 6. The first-order chi connectivity index (χ1) is 14.7. The summed E-state index contributed by atoms with van der Waals surface area (Å²) < 4.78 is 5.20. The molecule has 0 atom stereocenters. The van der Waals surface area contributed by atoms with Crippen molar-refractivity contribution in [3.8, 4) is 11.1 Å². The van der Waals surface area contributed by atoms with Crippen molar-refractivity contribution in [3.05, 3.63) is 78.6 Å². The number of aryl methyl sites for hydroxylation is 1. The Labute approximate surface area is 191 Å². The largest absolute Gasteiger partial charge is 0.462 e. The normalized spacial score (nSPS) is 10.6. The van der Waals surface area contributed by atoms with Crippen molar-refractivity contribution in [2.75, 3.05) is 11.9 Å². The van der Waals surface area contributed by atoms with Gasteiger partial charge in [-0.15, -0.1) is 11.3 Å². The predicted molar refractivity (Wildman–Crippen MR) is 122 cm³/mol. The minimum absolute atomic E-state index is 0.0672. The van der Waals surface area contributed by atoms with Gasteiger partial charge in [0.2, 0.25) is 0 Å². The molecule has 1 aromatic heterocycles. The lowest BCUT2D eigenvalue weighted by molar-refractivity contribution is -0.384. The molecule has 160 valence electrons. The summed E-state index contributed by atoms with van der Waals surface area (Å²) in [4.78, 5) is 36.7. The molecule has 7 nitrogen and oxygen atoms in total. The molecule has 0 aliphatic rings. The SMILES string of the molecule is CCOC(=O)c1c(NC(=O)c2ccc(Cl)c(Cl)c2)sc(C)c1-c1ccc([N+](=O)[O-])cc1. The van der Waals surface area contributed by atoms with Gasteiger partial charge in [-0.25, -0.2) is 4.79 Å². The van der Waals surface area contributed by atoms with Gasteiger partial charge in [0.1, 0.15) is 10.6 Å². The first-order valence-corrected chi connectivity index (χ1v) is 10.6. The Morgan fingerprint density at radius 3 is 2.39 bits per heavy atom. The molecular formula is C21H16Cl2N2O5S. The Hall–Kier alpha value is -2.94. The second-order valence-corrected chi connectivity index (χ2v) is 8.38. The monoisotopic (exact) mass is 478 g/mol. The van der Waals surface area contributed by atoms with E-state index in [1.807, 2.05) is 0 Å². The Kier molecular flexibility index (Phi) is 6.94. The van der Waals surface area contributed by atoms with Crippen molar-refractivity contribution >= 4 is 57.1 Å². The fourth-order valence-corrected chi connectivity index (χ4v) is 4.30. The molecule has 0 aliphatic heterocycles. The van der Waals surface area contributed by atoms with E-state index in [9.17, 15) is 19.7 Å². The first kappa shape index (κ1) is 22.7. The maximum absolute atomic E-state index is 12.8. The molecule has 10 heteroatoms. The summed E-state index contributed by atoms with van der Waals surface area (Å²) in [5.74, 6) is -1.08. The van der Waals surface area contributed by atoms with Gasteiger partial charge >= 0.3 is 5.97 Å². The summed E-state index contributed by atoms with van der Waals surface area (Å²) in [7, 11) is 0. The number of non-ortho nitro benzene ring substituents is 1. The van der Waals surface area contributed by atoms with Gasteiger partial charge in [0.25, 0.3) is 11.6 Å². The van der Waals surface area contributed by atoms with Crippen LogP contribution in [0.2, 0.25) is 10.0 Å². The summed E-state index contributed by atoms with van der Waals surface area (Å²) in [6.07, 6.45) is 0. The third-order valence-electron chi connectivity index (χ3n) is 4.34. The molecule has 0 fully saturated rings. The van der Waals surface area contributed by atoms with Crippen molar-refractivity contribution in [1.82, 2.24) is 0 Å². The van der Waals surface area contributed by atoms with Crippen LogP contribution in [0.4, 0.5) is 10.7 Å². The summed E-state index contributed by atoms with van der Waals surface area (Å²) in [5.41, 5.74) is 1.53. The van der Waals surface area contributed by atoms with Crippen molar-refractivity contribution in [2.24, 2.45) is 0 Å². The standard InChI is InChI=1S/C21H16Cl2N2O5S/c1-3-30-21(27)18-17(12-4-7-14(8-5-12)25(28)29)11(2)31-20(18)24-19(26)13-6-9-15(22)16(23)10-13/h4-10H,3H2,1-2H3,(H,24,26). The van der Waals surface area contributed by atoms with E-state index in [4.69, 9.17) is 27.9 Å². The molecule has 0 saturated heterocycles. The van der Waals surface area contributed by atoms with E-state index in [0.29, 0.717) is 21.2 Å². The maximum Gasteiger partial charge on any atom is 0.341 e. The molecule has 0 spiro atoms. The van der Waals surface area contributed by atoms with Gasteiger partial charge in [0, 0.05) is 28.1 Å². The number of hydrogen-bond acceptors (Lipinski definition) is 6. The second kappa shape index (κ2) is 9.47. The average molecular weight is 479 g/mol. The van der Waals surface area contributed by atoms with Gasteiger partial charge in [-0.1, -0.05) is 23.2 Å². The number of anilines is 1. The number of nitrogens with one attached hydrogen (secondary N) is 1. The summed E-state index contributed by atoms with van der Waals surface area (Å²) in [6, 6.07) is 10.3. The lowest BCUT2D eigenvalue weighted by Crippen LogP contribution is -2.14. The molecule has 1 heterocycles. The number of esters is 1. The second-order valence-electron chi connectivity index (χ2n) is 6.34. The van der Waals surface area contributed by atoms with Crippen LogP contribution in [0.5, 0.6) is 0 Å². The number of halogens is 2. The van der Waals surface area contributed by atoms with E-state index in [1.54, 1.807) is 26.0 Å². The van der Waals surface area contributed by atoms with Gasteiger partial charge < -0.3 is 10.1 Å². The lowest BCUT2D eigenvalue weighted by Gasteiger charge is -2.09. The van der Waals surface area contributed by atoms with Crippen molar-refractivity contribution in [3.63, 3.8) is 0 Å². The molecule has 0 unspecified atom stereocenters. The number of nitrogens with zero attached hydrogens (tertiary/aromatic N) is 1. The number of carbonyl (C=O) groups excluding carboxylic acids is 2. The molecule has 3 aromatic rings. The average Bonchev–Trinajstić information content (AvgIpc) is 3.05. The van der Waals surface area contributed by atoms with Crippen molar-refractivity contribution < 1.29 is 19.2 Å². The van der Waals surface area contributed by atoms with E-state index >= 15 is 0 Å². The summed E-state index contributed by atoms with van der Waals surface area (Å²) >= 11 is 13.1. The third kappa shape index (κ3) is 4.87. The number of hydrogen-bond donors (Lipinski definition) is 1. The summed E-state index contributed by atoms with van der Waals surface area (Å²) in [5, 5.41) is 14.5. The van der Waals surface area contributed by atoms with E-state index in [1.165, 1.54) is 41.7 Å². The number of benzene rings is 2. The fraction of sp³-hybridized carbons (Fsp3) is 0.143. The highest BCUT2D eigenvalue weighted by Crippen LogP contribution is 2.41. The fourth-order valence-electron chi connectivity index (χ4n) is 2.94. The van der Waals surface area contributed by atoms with Crippen LogP contribution in [0.3, 0.4) is 0 Å². The van der Waals surface area contributed by atoms with Crippen LogP contribution < -0.4 is 5.32 Å². The number of thiophene rings is 1. The van der Waals surface area contributed by atoms with Crippen LogP contribution in [-0.2, 0) is 4.74 Å². The quantitative estimate of drug-likeness (QED) is 0.252. The molecule has 1 amide bonds. The molecular weight excluding hydrogens is 463 g/mol. The van der Waals surface area contributed by atoms with Crippen LogP contribution in [0.25, 0.3) is 11.1 Å². The van der Waals surface area contributed by atoms with Gasteiger partial charge in [-0.05, 0) is 49.7 Å². The summed E-state index contributed by atoms with van der Waals surface area (Å²) in [6.45, 7) is 3.61. The van der Waals surface area contributed by atoms with E-state index in [-0.39, 0.29) is 28.4 Å². The zero-order valence-corrected chi connectivity index (χ0v) is 18.7. The topological polar surface area (TPSA) is 98.5 Å². The minimum atomic E-state index is -0.607. The molecule has 0 saturated carbocycles. The first-order valence-electron chi connectivity index (χ1n) is 9.04. The zero-order valence-electron chi connectivity index (χ0n) is 16.4. The Morgan fingerprint density at radius 1 is 1.13 bits per heavy atom. The van der Waals surface area contributed by atoms with Crippen molar-refractivity contribution in [2.45, 2.75) is 13.8 Å². The van der Waals surface area contributed by atoms with Crippen molar-refractivity contribution in [1.29, 1.82) is 0 Å². The van der Waals surface area contributed by atoms with E-state index < -0.39 is 16.8 Å². The highest BCUT2D eigenvalue weighted by molar-refractivity contribution is 7.17. The van der Waals surface area contributed by atoms with Crippen LogP contribution in [0.15, 0.2) is 42.5 Å². The predicted octanol–water partition coefficient (Wildman–Crippen LogP) is 6.37. The maximum atomic E-state index is 12.8. The van der Waals surface area contributed by atoms with Gasteiger partial charge in [-0.2, -0.15) is 0 Å². The smallest absolute Gasteiger partial charge is 0.341 e. The number of nitro benzene ring substituents is 1. The molecule has 1 N–H and O–H groups in total. The Balaban J connectivity index is 2.05. The third-order valence-corrected chi connectivity index (χ3v) is 6.10. The Bertz CT molecular complexity index is 1180. The van der Waals surface area contributed by atoms with Crippen LogP contribution in [0.1, 0.15) is 32.5 Å². The lowest BCUT2D eigenvalue weighted by atomic mass is 10.0. The van der Waals surface area contributed by atoms with Crippen LogP contribution in [-0.4, -0.2) is 23.4 Å². The number of nitro groups is 1. The molecule has 0 aliphatic carbocycles. The molecule has 3 rings (SSSR count). The number of carbonyl (C=O) groups is 2. The molecule has 31 heavy (non-hydrogen) atoms. The van der Waals surface area contributed by atoms with E-state index in [0.717, 1.165) is 4.88 Å². The minimum Gasteiger partial charge on any atom is -0.462 e. The number of ether oxygens (including phenoxy) is 1. The van der Waals surface area contributed by atoms with E-state index in [2.05, 4.69) is 5.32 Å². The zero-order chi connectivity index (χ0) is 22.7. The Morgan fingerprint density at radius 2 is 1.81 bits per heavy atom. The van der Waals surface area contributed by atoms with Crippen LogP contribution in [0, 0.1) is 17.0 Å². The van der Waals surface area contributed by atoms with Gasteiger partial charge in [0.15, 0.2) is 0 Å². The van der Waals surface area contributed by atoms with Crippen LogP contribution >= 0.6 is 34.5 Å². The van der Waals surface area contributed by atoms with Gasteiger partial charge in [-0.3, -0.25) is 14.9 Å². The molecule has 2 aromatic carbocycles. The highest BCUT2D eigenvalue weighted by Gasteiger charge is 2.26. The number of amides is 1. The van der Waals surface area contributed by atoms with Gasteiger partial charge in [0.05, 0.1) is 21.6 Å². The molecule has 0 bridgehead atoms. The molecule has 0 radical (unpaired) electrons.